The number of esters is 2. The molecule has 0 saturated heterocycles. The molecule has 0 aliphatic carbocycles. The molecule has 72 heavy (non-hydrogen) atoms. The van der Waals surface area contributed by atoms with Crippen LogP contribution in [-0.4, -0.2) is 36.4 Å². The van der Waals surface area contributed by atoms with Crippen molar-refractivity contribution in [2.75, 3.05) is 13.2 Å². The highest BCUT2D eigenvalue weighted by atomic mass is 16.6. The molecule has 414 valence electrons. The van der Waals surface area contributed by atoms with Crippen molar-refractivity contribution in [2.45, 2.75) is 302 Å². The lowest BCUT2D eigenvalue weighted by atomic mass is 10.0. The lowest BCUT2D eigenvalue weighted by Gasteiger charge is -2.15. The third-order valence-corrected chi connectivity index (χ3v) is 13.4. The van der Waals surface area contributed by atoms with E-state index in [2.05, 4.69) is 111 Å². The van der Waals surface area contributed by atoms with Gasteiger partial charge in [-0.05, 0) is 89.9 Å². The Balaban J connectivity index is 3.45. The van der Waals surface area contributed by atoms with Crippen LogP contribution in [0.1, 0.15) is 296 Å². The Kier molecular flexibility index (Phi) is 59.4. The van der Waals surface area contributed by atoms with Crippen molar-refractivity contribution in [3.8, 4) is 0 Å². The summed E-state index contributed by atoms with van der Waals surface area (Å²) < 4.78 is 10.7. The second-order valence-electron chi connectivity index (χ2n) is 20.4. The minimum atomic E-state index is -0.777. The first-order valence-corrected chi connectivity index (χ1v) is 30.8. The summed E-state index contributed by atoms with van der Waals surface area (Å²) in [4.78, 5) is 24.6. The van der Waals surface area contributed by atoms with E-state index in [9.17, 15) is 14.7 Å². The van der Waals surface area contributed by atoms with Gasteiger partial charge in [0, 0.05) is 12.8 Å². The standard InChI is InChI=1S/C67H116O5/c1-3-5-7-9-11-13-15-17-19-21-23-25-27-29-30-31-32-33-34-35-36-38-40-42-44-46-48-50-52-54-56-58-60-62-67(70)72-65(63-68)64-71-66(69)61-59-57-55-53-51-49-47-45-43-41-39-37-28-26-24-22-20-18-16-14-12-10-8-6-4-2/h5-8,11-14,17-20,23-26,65,68H,3-4,9-10,15-16,21-22,27-64H2,1-2H3/b7-5-,8-6-,13-11-,14-12-,19-17-,20-18-,25-23-,26-24-. The number of ether oxygens (including phenoxy) is 2. The summed E-state index contributed by atoms with van der Waals surface area (Å²) in [6.07, 6.45) is 88.3. The van der Waals surface area contributed by atoms with Gasteiger partial charge in [-0.3, -0.25) is 9.59 Å². The fourth-order valence-corrected chi connectivity index (χ4v) is 8.83. The Labute approximate surface area is 447 Å². The number of unbranched alkanes of at least 4 members (excludes halogenated alkanes) is 32. The van der Waals surface area contributed by atoms with Gasteiger partial charge in [0.2, 0.25) is 0 Å². The van der Waals surface area contributed by atoms with Gasteiger partial charge in [0.25, 0.3) is 0 Å². The van der Waals surface area contributed by atoms with Gasteiger partial charge >= 0.3 is 11.9 Å². The minimum absolute atomic E-state index is 0.0675. The van der Waals surface area contributed by atoms with Gasteiger partial charge in [-0.25, -0.2) is 0 Å². The molecule has 0 bridgehead atoms. The van der Waals surface area contributed by atoms with E-state index in [1.807, 2.05) is 0 Å². The highest BCUT2D eigenvalue weighted by Crippen LogP contribution is 2.17. The largest absolute Gasteiger partial charge is 0.462 e. The predicted molar refractivity (Wildman–Crippen MR) is 316 cm³/mol. The van der Waals surface area contributed by atoms with Crippen LogP contribution in [0.25, 0.3) is 0 Å². The normalized spacial score (nSPS) is 12.9. The van der Waals surface area contributed by atoms with E-state index in [4.69, 9.17) is 9.47 Å². The molecule has 0 aromatic heterocycles. The molecule has 0 aliphatic heterocycles. The zero-order valence-electron chi connectivity index (χ0n) is 47.4. The van der Waals surface area contributed by atoms with E-state index >= 15 is 0 Å². The van der Waals surface area contributed by atoms with Crippen molar-refractivity contribution in [2.24, 2.45) is 0 Å². The zero-order chi connectivity index (χ0) is 52.0. The smallest absolute Gasteiger partial charge is 0.306 e. The number of rotatable bonds is 56. The Morgan fingerprint density at radius 3 is 0.833 bits per heavy atom. The Morgan fingerprint density at radius 1 is 0.319 bits per heavy atom. The van der Waals surface area contributed by atoms with Crippen molar-refractivity contribution in [3.63, 3.8) is 0 Å². The molecule has 0 amide bonds. The average molecular weight is 1000 g/mol. The van der Waals surface area contributed by atoms with E-state index in [-0.39, 0.29) is 25.2 Å². The van der Waals surface area contributed by atoms with Gasteiger partial charge < -0.3 is 14.6 Å². The second kappa shape index (κ2) is 62.1. The van der Waals surface area contributed by atoms with Crippen molar-refractivity contribution < 1.29 is 24.2 Å². The second-order valence-corrected chi connectivity index (χ2v) is 20.4. The molecule has 0 aromatic rings. The maximum atomic E-state index is 12.3. The molecule has 0 aromatic carbocycles. The molecule has 0 rings (SSSR count). The highest BCUT2D eigenvalue weighted by molar-refractivity contribution is 5.70. The van der Waals surface area contributed by atoms with Gasteiger partial charge in [0.15, 0.2) is 6.10 Å². The van der Waals surface area contributed by atoms with Crippen LogP contribution in [-0.2, 0) is 19.1 Å². The molecule has 5 heteroatoms. The summed E-state index contributed by atoms with van der Waals surface area (Å²) in [5.41, 5.74) is 0. The van der Waals surface area contributed by atoms with Crippen LogP contribution in [0.15, 0.2) is 97.2 Å². The number of carbonyl (C=O) groups excluding carboxylic acids is 2. The molecular weight excluding hydrogens is 885 g/mol. The quantitative estimate of drug-likeness (QED) is 0.0373. The van der Waals surface area contributed by atoms with E-state index < -0.39 is 6.10 Å². The van der Waals surface area contributed by atoms with Crippen LogP contribution in [0.2, 0.25) is 0 Å². The van der Waals surface area contributed by atoms with Crippen LogP contribution in [0.4, 0.5) is 0 Å². The van der Waals surface area contributed by atoms with Crippen LogP contribution in [0, 0.1) is 0 Å². The third-order valence-electron chi connectivity index (χ3n) is 13.4. The molecule has 0 radical (unpaired) electrons. The molecule has 5 nitrogen and oxygen atoms in total. The number of aliphatic hydroxyl groups excluding tert-OH is 1. The monoisotopic (exact) mass is 1000 g/mol. The fourth-order valence-electron chi connectivity index (χ4n) is 8.83. The van der Waals surface area contributed by atoms with E-state index in [1.165, 1.54) is 180 Å². The van der Waals surface area contributed by atoms with E-state index in [0.717, 1.165) is 89.9 Å². The van der Waals surface area contributed by atoms with Crippen LogP contribution < -0.4 is 0 Å². The zero-order valence-corrected chi connectivity index (χ0v) is 47.4. The fraction of sp³-hybridized carbons (Fsp3) is 0.731. The van der Waals surface area contributed by atoms with Crippen molar-refractivity contribution in [1.82, 2.24) is 0 Å². The van der Waals surface area contributed by atoms with Crippen LogP contribution >= 0.6 is 0 Å². The maximum absolute atomic E-state index is 12.3. The lowest BCUT2D eigenvalue weighted by molar-refractivity contribution is -0.161. The summed E-state index contributed by atoms with van der Waals surface area (Å²) in [5.74, 6) is -0.584. The number of hydrogen-bond acceptors (Lipinski definition) is 5. The highest BCUT2D eigenvalue weighted by Gasteiger charge is 2.16. The molecule has 1 atom stereocenters. The Bertz CT molecular complexity index is 1360. The molecular formula is C67H116O5. The van der Waals surface area contributed by atoms with Crippen LogP contribution in [0.3, 0.4) is 0 Å². The van der Waals surface area contributed by atoms with Gasteiger partial charge in [-0.2, -0.15) is 0 Å². The van der Waals surface area contributed by atoms with Crippen molar-refractivity contribution in [3.05, 3.63) is 97.2 Å². The van der Waals surface area contributed by atoms with E-state index in [1.54, 1.807) is 0 Å². The minimum Gasteiger partial charge on any atom is -0.462 e. The third kappa shape index (κ3) is 59.4. The van der Waals surface area contributed by atoms with E-state index in [0.29, 0.717) is 12.8 Å². The Hall–Kier alpha value is -3.18. The van der Waals surface area contributed by atoms with Gasteiger partial charge in [0.05, 0.1) is 6.61 Å². The number of hydrogen-bond donors (Lipinski definition) is 1. The van der Waals surface area contributed by atoms with Crippen molar-refractivity contribution in [1.29, 1.82) is 0 Å². The molecule has 0 saturated carbocycles. The molecule has 0 fully saturated rings. The molecule has 1 unspecified atom stereocenters. The first-order chi connectivity index (χ1) is 35.6. The molecule has 1 N–H and O–H groups in total. The summed E-state index contributed by atoms with van der Waals surface area (Å²) >= 11 is 0. The van der Waals surface area contributed by atoms with Gasteiger partial charge in [0.1, 0.15) is 6.61 Å². The summed E-state index contributed by atoms with van der Waals surface area (Å²) in [5, 5.41) is 9.68. The molecule has 0 spiro atoms. The maximum Gasteiger partial charge on any atom is 0.306 e. The summed E-state index contributed by atoms with van der Waals surface area (Å²) in [6.45, 7) is 3.94. The lowest BCUT2D eigenvalue weighted by Crippen LogP contribution is -2.28. The first-order valence-electron chi connectivity index (χ1n) is 30.8. The summed E-state index contributed by atoms with van der Waals surface area (Å²) in [7, 11) is 0. The van der Waals surface area contributed by atoms with Crippen molar-refractivity contribution >= 4 is 11.9 Å². The number of carbonyl (C=O) groups is 2. The first kappa shape index (κ1) is 68.8. The Morgan fingerprint density at radius 2 is 0.556 bits per heavy atom. The predicted octanol–water partition coefficient (Wildman–Crippen LogP) is 21.1. The SMILES string of the molecule is CC/C=C\C/C=C\C/C=C\C/C=C\CCCCCCCCCCCCCCCCCCCCCCC(=O)OC(CO)COC(=O)CCCCCCCCCCCCCC/C=C\C/C=C\C/C=C\C/C=C\CC. The van der Waals surface area contributed by atoms with Crippen LogP contribution in [0.5, 0.6) is 0 Å². The average Bonchev–Trinajstić information content (AvgIpc) is 3.38. The van der Waals surface area contributed by atoms with Gasteiger partial charge in [-0.15, -0.1) is 0 Å². The van der Waals surface area contributed by atoms with Gasteiger partial charge in [-0.1, -0.05) is 291 Å². The molecule has 0 aliphatic rings. The topological polar surface area (TPSA) is 72.8 Å². The number of aliphatic hydroxyl groups is 1. The number of allylic oxidation sites excluding steroid dienone is 16. The molecule has 0 heterocycles. The summed E-state index contributed by atoms with van der Waals surface area (Å²) in [6, 6.07) is 0.